The zero-order valence-corrected chi connectivity index (χ0v) is 19.0. The number of hydrogen-bond donors (Lipinski definition) is 2. The SMILES string of the molecule is CCNC(=NCCCn1nc(C)cc1C)NCCc1c(OC)cc(OC)cc1OC. The first kappa shape index (κ1) is 23.4. The lowest BCUT2D eigenvalue weighted by molar-refractivity contribution is 0.368. The van der Waals surface area contributed by atoms with Crippen LogP contribution < -0.4 is 24.8 Å². The van der Waals surface area contributed by atoms with Gasteiger partial charge in [0.1, 0.15) is 17.2 Å². The number of ether oxygens (including phenoxy) is 3. The van der Waals surface area contributed by atoms with Crippen LogP contribution in [0.1, 0.15) is 30.3 Å². The summed E-state index contributed by atoms with van der Waals surface area (Å²) in [7, 11) is 4.93. The van der Waals surface area contributed by atoms with Crippen LogP contribution in [0.15, 0.2) is 23.2 Å². The van der Waals surface area contributed by atoms with Crippen molar-refractivity contribution in [3.63, 3.8) is 0 Å². The van der Waals surface area contributed by atoms with Crippen molar-refractivity contribution in [1.82, 2.24) is 20.4 Å². The summed E-state index contributed by atoms with van der Waals surface area (Å²) >= 11 is 0. The second-order valence-corrected chi connectivity index (χ2v) is 6.95. The minimum atomic E-state index is 0.697. The average molecular weight is 418 g/mol. The predicted octanol–water partition coefficient (Wildman–Crippen LogP) is 2.71. The number of nitrogens with zero attached hydrogens (tertiary/aromatic N) is 3. The highest BCUT2D eigenvalue weighted by molar-refractivity contribution is 5.79. The van der Waals surface area contributed by atoms with Crippen LogP contribution in [0.5, 0.6) is 17.2 Å². The van der Waals surface area contributed by atoms with E-state index in [1.54, 1.807) is 21.3 Å². The van der Waals surface area contributed by atoms with E-state index in [1.165, 1.54) is 5.69 Å². The summed E-state index contributed by atoms with van der Waals surface area (Å²) in [6, 6.07) is 5.84. The lowest BCUT2D eigenvalue weighted by Crippen LogP contribution is -2.38. The molecule has 0 saturated heterocycles. The Morgan fingerprint density at radius 2 is 1.73 bits per heavy atom. The third-order valence-electron chi connectivity index (χ3n) is 4.73. The second kappa shape index (κ2) is 11.9. The van der Waals surface area contributed by atoms with Gasteiger partial charge in [-0.1, -0.05) is 0 Å². The topological polar surface area (TPSA) is 81.9 Å². The maximum absolute atomic E-state index is 5.53. The molecular weight excluding hydrogens is 382 g/mol. The number of aromatic nitrogens is 2. The molecule has 2 rings (SSSR count). The molecular formula is C22H35N5O3. The summed E-state index contributed by atoms with van der Waals surface area (Å²) in [6.07, 6.45) is 1.66. The molecule has 2 aromatic rings. The number of aliphatic imine (C=N–C) groups is 1. The third kappa shape index (κ3) is 6.57. The van der Waals surface area contributed by atoms with Crippen LogP contribution in [0.25, 0.3) is 0 Å². The molecule has 166 valence electrons. The lowest BCUT2D eigenvalue weighted by atomic mass is 10.1. The van der Waals surface area contributed by atoms with E-state index < -0.39 is 0 Å². The molecule has 0 bridgehead atoms. The summed E-state index contributed by atoms with van der Waals surface area (Å²) in [5, 5.41) is 11.2. The van der Waals surface area contributed by atoms with Crippen molar-refractivity contribution in [2.45, 2.75) is 40.2 Å². The van der Waals surface area contributed by atoms with Crippen LogP contribution in [0, 0.1) is 13.8 Å². The van der Waals surface area contributed by atoms with E-state index in [0.717, 1.165) is 61.2 Å². The fourth-order valence-electron chi connectivity index (χ4n) is 3.28. The van der Waals surface area contributed by atoms with Gasteiger partial charge in [0.25, 0.3) is 0 Å². The van der Waals surface area contributed by atoms with Gasteiger partial charge in [-0.2, -0.15) is 5.10 Å². The first-order valence-electron chi connectivity index (χ1n) is 10.3. The van der Waals surface area contributed by atoms with Crippen molar-refractivity contribution in [3.05, 3.63) is 35.2 Å². The lowest BCUT2D eigenvalue weighted by Gasteiger charge is -2.16. The number of hydrogen-bond acceptors (Lipinski definition) is 5. The third-order valence-corrected chi connectivity index (χ3v) is 4.73. The van der Waals surface area contributed by atoms with Gasteiger partial charge in [-0.3, -0.25) is 9.67 Å². The number of benzene rings is 1. The average Bonchev–Trinajstić information content (AvgIpc) is 3.07. The zero-order valence-electron chi connectivity index (χ0n) is 19.0. The molecule has 1 aromatic heterocycles. The molecule has 0 aliphatic heterocycles. The predicted molar refractivity (Wildman–Crippen MR) is 120 cm³/mol. The molecule has 8 heteroatoms. The molecule has 0 fully saturated rings. The van der Waals surface area contributed by atoms with E-state index in [-0.39, 0.29) is 0 Å². The van der Waals surface area contributed by atoms with Crippen molar-refractivity contribution in [1.29, 1.82) is 0 Å². The number of rotatable bonds is 11. The summed E-state index contributed by atoms with van der Waals surface area (Å²) in [5.74, 6) is 3.01. The van der Waals surface area contributed by atoms with E-state index in [4.69, 9.17) is 14.2 Å². The summed E-state index contributed by atoms with van der Waals surface area (Å²) in [4.78, 5) is 4.68. The summed E-state index contributed by atoms with van der Waals surface area (Å²) in [6.45, 7) is 9.24. The highest BCUT2D eigenvalue weighted by Crippen LogP contribution is 2.34. The molecule has 1 aromatic carbocycles. The Balaban J connectivity index is 1.92. The summed E-state index contributed by atoms with van der Waals surface area (Å²) < 4.78 is 18.4. The van der Waals surface area contributed by atoms with Gasteiger partial charge >= 0.3 is 0 Å². The number of nitrogens with one attached hydrogen (secondary N) is 2. The Kier molecular flexibility index (Phi) is 9.31. The monoisotopic (exact) mass is 417 g/mol. The van der Waals surface area contributed by atoms with E-state index in [9.17, 15) is 0 Å². The van der Waals surface area contributed by atoms with Crippen molar-refractivity contribution in [2.24, 2.45) is 4.99 Å². The number of methoxy groups -OCH3 is 3. The molecule has 0 amide bonds. The molecule has 0 aliphatic carbocycles. The largest absolute Gasteiger partial charge is 0.496 e. The Hall–Kier alpha value is -2.90. The zero-order chi connectivity index (χ0) is 21.9. The quantitative estimate of drug-likeness (QED) is 0.332. The van der Waals surface area contributed by atoms with Crippen LogP contribution in [0.3, 0.4) is 0 Å². The number of aryl methyl sites for hydroxylation is 3. The first-order valence-corrected chi connectivity index (χ1v) is 10.3. The van der Waals surface area contributed by atoms with Gasteiger partial charge in [0.15, 0.2) is 5.96 Å². The molecule has 0 unspecified atom stereocenters. The van der Waals surface area contributed by atoms with Crippen LogP contribution in [-0.2, 0) is 13.0 Å². The van der Waals surface area contributed by atoms with Gasteiger partial charge in [0.2, 0.25) is 0 Å². The maximum atomic E-state index is 5.53. The van der Waals surface area contributed by atoms with E-state index >= 15 is 0 Å². The Morgan fingerprint density at radius 3 is 2.27 bits per heavy atom. The number of guanidine groups is 1. The molecule has 2 N–H and O–H groups in total. The van der Waals surface area contributed by atoms with E-state index in [2.05, 4.69) is 40.6 Å². The van der Waals surface area contributed by atoms with E-state index in [0.29, 0.717) is 12.3 Å². The van der Waals surface area contributed by atoms with Crippen LogP contribution in [0.4, 0.5) is 0 Å². The fraction of sp³-hybridized carbons (Fsp3) is 0.545. The first-order chi connectivity index (χ1) is 14.5. The Labute approximate surface area is 179 Å². The van der Waals surface area contributed by atoms with Crippen molar-refractivity contribution < 1.29 is 14.2 Å². The van der Waals surface area contributed by atoms with E-state index in [1.807, 2.05) is 23.7 Å². The molecule has 0 radical (unpaired) electrons. The normalized spacial score (nSPS) is 11.3. The van der Waals surface area contributed by atoms with Gasteiger partial charge in [0.05, 0.1) is 27.0 Å². The highest BCUT2D eigenvalue weighted by Gasteiger charge is 2.13. The molecule has 30 heavy (non-hydrogen) atoms. The van der Waals surface area contributed by atoms with Gasteiger partial charge in [-0.15, -0.1) is 0 Å². The fourth-order valence-corrected chi connectivity index (χ4v) is 3.28. The minimum Gasteiger partial charge on any atom is -0.496 e. The van der Waals surface area contributed by atoms with Gasteiger partial charge in [-0.05, 0) is 39.7 Å². The standard InChI is InChI=1S/C22H35N5O3/c1-7-23-22(24-10-8-12-27-17(3)13-16(2)26-27)25-11-9-19-20(29-5)14-18(28-4)15-21(19)30-6/h13-15H,7-12H2,1-6H3,(H2,23,24,25). The second-order valence-electron chi connectivity index (χ2n) is 6.95. The summed E-state index contributed by atoms with van der Waals surface area (Å²) in [5.41, 5.74) is 3.23. The smallest absolute Gasteiger partial charge is 0.191 e. The molecule has 0 atom stereocenters. The molecule has 0 saturated carbocycles. The van der Waals surface area contributed by atoms with Crippen LogP contribution in [0.2, 0.25) is 0 Å². The van der Waals surface area contributed by atoms with Gasteiger partial charge in [0, 0.05) is 49.6 Å². The molecule has 8 nitrogen and oxygen atoms in total. The Bertz CT molecular complexity index is 807. The van der Waals surface area contributed by atoms with Crippen LogP contribution in [-0.4, -0.2) is 56.7 Å². The molecule has 1 heterocycles. The van der Waals surface area contributed by atoms with Crippen molar-refractivity contribution >= 4 is 5.96 Å². The maximum Gasteiger partial charge on any atom is 0.191 e. The van der Waals surface area contributed by atoms with Gasteiger partial charge in [-0.25, -0.2) is 0 Å². The Morgan fingerprint density at radius 1 is 1.03 bits per heavy atom. The van der Waals surface area contributed by atoms with Crippen molar-refractivity contribution in [3.8, 4) is 17.2 Å². The van der Waals surface area contributed by atoms with Crippen LogP contribution >= 0.6 is 0 Å². The molecule has 0 aliphatic rings. The highest BCUT2D eigenvalue weighted by atomic mass is 16.5. The van der Waals surface area contributed by atoms with Crippen molar-refractivity contribution in [2.75, 3.05) is 41.0 Å². The molecule has 0 spiro atoms. The van der Waals surface area contributed by atoms with Gasteiger partial charge < -0.3 is 24.8 Å². The minimum absolute atomic E-state index is 0.697.